The third kappa shape index (κ3) is 9.57. The van der Waals surface area contributed by atoms with Crippen LogP contribution < -0.4 is 0 Å². The molecular weight excluding hydrogens is 216 g/mol. The Labute approximate surface area is 106 Å². The largest absolute Gasteiger partial charge is 0.343 e. The van der Waals surface area contributed by atoms with Crippen LogP contribution in [-0.4, -0.2) is 21.3 Å². The Kier molecular flexibility index (Phi) is 9.79. The van der Waals surface area contributed by atoms with Crippen LogP contribution in [0.1, 0.15) is 78.1 Å². The van der Waals surface area contributed by atoms with Gasteiger partial charge in [0.1, 0.15) is 0 Å². The predicted octanol–water partition coefficient (Wildman–Crippen LogP) is 3.17. The molecule has 0 rings (SSSR count). The van der Waals surface area contributed by atoms with Gasteiger partial charge in [-0.3, -0.25) is 0 Å². The van der Waals surface area contributed by atoms with Crippen molar-refractivity contribution in [3.8, 4) is 0 Å². The van der Waals surface area contributed by atoms with Crippen molar-refractivity contribution < 1.29 is 15.3 Å². The summed E-state index contributed by atoms with van der Waals surface area (Å²) in [5.41, 5.74) is 0. The van der Waals surface area contributed by atoms with Crippen molar-refractivity contribution in [1.29, 1.82) is 0 Å². The lowest BCUT2D eigenvalue weighted by Gasteiger charge is -2.26. The molecule has 3 N–H and O–H groups in total. The van der Waals surface area contributed by atoms with Crippen LogP contribution in [-0.2, 0) is 0 Å². The molecule has 0 aliphatic heterocycles. The molecule has 0 heterocycles. The first-order chi connectivity index (χ1) is 8.02. The van der Waals surface area contributed by atoms with E-state index in [2.05, 4.69) is 13.8 Å². The van der Waals surface area contributed by atoms with Gasteiger partial charge >= 0.3 is 0 Å². The molecule has 17 heavy (non-hydrogen) atoms. The van der Waals surface area contributed by atoms with Crippen molar-refractivity contribution in [2.45, 2.75) is 84.0 Å². The van der Waals surface area contributed by atoms with Crippen LogP contribution in [0.4, 0.5) is 0 Å². The highest BCUT2D eigenvalue weighted by Crippen LogP contribution is 2.25. The van der Waals surface area contributed by atoms with E-state index in [1.807, 2.05) is 0 Å². The summed E-state index contributed by atoms with van der Waals surface area (Å²) in [5.74, 6) is -2.88. The van der Waals surface area contributed by atoms with Gasteiger partial charge in [0.15, 0.2) is 0 Å². The number of hydrogen-bond acceptors (Lipinski definition) is 3. The highest BCUT2D eigenvalue weighted by atomic mass is 16.7. The lowest BCUT2D eigenvalue weighted by atomic mass is 9.92. The van der Waals surface area contributed by atoms with E-state index in [4.69, 9.17) is 0 Å². The van der Waals surface area contributed by atoms with Crippen molar-refractivity contribution in [3.05, 3.63) is 0 Å². The van der Waals surface area contributed by atoms with E-state index in [0.29, 0.717) is 12.8 Å². The minimum atomic E-state index is -2.49. The van der Waals surface area contributed by atoms with Crippen molar-refractivity contribution >= 4 is 0 Å². The number of unbranched alkanes of at least 4 members (excludes halogenated alkanes) is 6. The molecule has 0 bridgehead atoms. The Bertz CT molecular complexity index is 151. The summed E-state index contributed by atoms with van der Waals surface area (Å²) in [7, 11) is 0. The zero-order chi connectivity index (χ0) is 13.1. The van der Waals surface area contributed by atoms with Gasteiger partial charge in [0.05, 0.1) is 0 Å². The molecule has 0 unspecified atom stereocenters. The van der Waals surface area contributed by atoms with Crippen LogP contribution in [0.25, 0.3) is 0 Å². The van der Waals surface area contributed by atoms with E-state index in [9.17, 15) is 15.3 Å². The lowest BCUT2D eigenvalue weighted by molar-refractivity contribution is -0.344. The molecule has 104 valence electrons. The van der Waals surface area contributed by atoms with Crippen LogP contribution in [0.15, 0.2) is 0 Å². The smallest absolute Gasteiger partial charge is 0.278 e. The van der Waals surface area contributed by atoms with Crippen LogP contribution in [0.2, 0.25) is 0 Å². The van der Waals surface area contributed by atoms with Gasteiger partial charge < -0.3 is 15.3 Å². The second-order valence-corrected chi connectivity index (χ2v) is 5.08. The van der Waals surface area contributed by atoms with Gasteiger partial charge in [-0.1, -0.05) is 65.2 Å². The Balaban J connectivity index is 3.81. The molecule has 3 heteroatoms. The summed E-state index contributed by atoms with van der Waals surface area (Å²) >= 11 is 0. The van der Waals surface area contributed by atoms with Gasteiger partial charge in [0.25, 0.3) is 5.97 Å². The molecule has 0 saturated carbocycles. The van der Waals surface area contributed by atoms with E-state index in [0.717, 1.165) is 25.7 Å². The first kappa shape index (κ1) is 16.9. The van der Waals surface area contributed by atoms with E-state index in [1.165, 1.54) is 25.7 Å². The Hall–Kier alpha value is -0.120. The highest BCUT2D eigenvalue weighted by Gasteiger charge is 2.30. The normalized spacial score (nSPS) is 12.4. The average Bonchev–Trinajstić information content (AvgIpc) is 2.25. The third-order valence-electron chi connectivity index (χ3n) is 3.36. The first-order valence-corrected chi connectivity index (χ1v) is 7.19. The molecule has 0 aliphatic carbocycles. The second kappa shape index (κ2) is 9.86. The molecule has 0 aromatic heterocycles. The van der Waals surface area contributed by atoms with Crippen molar-refractivity contribution in [1.82, 2.24) is 0 Å². The Morgan fingerprint density at radius 2 is 1.12 bits per heavy atom. The van der Waals surface area contributed by atoms with Gasteiger partial charge in [-0.15, -0.1) is 0 Å². The quantitative estimate of drug-likeness (QED) is 0.387. The van der Waals surface area contributed by atoms with Crippen molar-refractivity contribution in [2.75, 3.05) is 0 Å². The maximum Gasteiger partial charge on any atom is 0.278 e. The fourth-order valence-electron chi connectivity index (χ4n) is 2.17. The molecule has 0 fully saturated rings. The fourth-order valence-corrected chi connectivity index (χ4v) is 2.17. The van der Waals surface area contributed by atoms with Crippen LogP contribution in [0.5, 0.6) is 0 Å². The molecule has 0 aliphatic rings. The molecular formula is C14H30O3. The minimum absolute atomic E-state index is 0.392. The molecule has 3 nitrogen and oxygen atoms in total. The minimum Gasteiger partial charge on any atom is -0.343 e. The summed E-state index contributed by atoms with van der Waals surface area (Å²) in [5, 5.41) is 27.9. The molecule has 0 radical (unpaired) electrons. The SMILES string of the molecule is CCCCCCC(CCCCCC)C(O)(O)O. The summed E-state index contributed by atoms with van der Waals surface area (Å²) in [6.45, 7) is 4.30. The molecule has 0 saturated heterocycles. The zero-order valence-electron chi connectivity index (χ0n) is 11.5. The second-order valence-electron chi connectivity index (χ2n) is 5.08. The van der Waals surface area contributed by atoms with Gasteiger partial charge in [0, 0.05) is 5.92 Å². The Morgan fingerprint density at radius 1 is 0.706 bits per heavy atom. The third-order valence-corrected chi connectivity index (χ3v) is 3.36. The standard InChI is InChI=1S/C14H30O3/c1-3-5-7-9-11-13(14(15,16)17)12-10-8-6-4-2/h13,15-17H,3-12H2,1-2H3. The van der Waals surface area contributed by atoms with Crippen molar-refractivity contribution in [2.24, 2.45) is 5.92 Å². The summed E-state index contributed by atoms with van der Waals surface area (Å²) < 4.78 is 0. The van der Waals surface area contributed by atoms with Gasteiger partial charge in [0.2, 0.25) is 0 Å². The van der Waals surface area contributed by atoms with Crippen LogP contribution in [0.3, 0.4) is 0 Å². The highest BCUT2D eigenvalue weighted by molar-refractivity contribution is 4.66. The number of rotatable bonds is 11. The van der Waals surface area contributed by atoms with Gasteiger partial charge in [-0.2, -0.15) is 0 Å². The summed E-state index contributed by atoms with van der Waals surface area (Å²) in [6.07, 6.45) is 10.3. The van der Waals surface area contributed by atoms with E-state index in [1.54, 1.807) is 0 Å². The van der Waals surface area contributed by atoms with Gasteiger partial charge in [-0.25, -0.2) is 0 Å². The lowest BCUT2D eigenvalue weighted by Crippen LogP contribution is -2.37. The number of aliphatic hydroxyl groups is 3. The zero-order valence-corrected chi connectivity index (χ0v) is 11.5. The van der Waals surface area contributed by atoms with Crippen molar-refractivity contribution in [3.63, 3.8) is 0 Å². The fraction of sp³-hybridized carbons (Fsp3) is 1.00. The van der Waals surface area contributed by atoms with E-state index < -0.39 is 11.9 Å². The first-order valence-electron chi connectivity index (χ1n) is 7.19. The molecule has 0 aromatic carbocycles. The number of hydrogen-bond donors (Lipinski definition) is 3. The maximum atomic E-state index is 9.30. The topological polar surface area (TPSA) is 60.7 Å². The van der Waals surface area contributed by atoms with Crippen LogP contribution in [0, 0.1) is 5.92 Å². The molecule has 0 aromatic rings. The summed E-state index contributed by atoms with van der Waals surface area (Å²) in [6, 6.07) is 0. The average molecular weight is 246 g/mol. The summed E-state index contributed by atoms with van der Waals surface area (Å²) in [4.78, 5) is 0. The molecule has 0 amide bonds. The van der Waals surface area contributed by atoms with Gasteiger partial charge in [-0.05, 0) is 12.8 Å². The molecule has 0 spiro atoms. The Morgan fingerprint density at radius 3 is 1.41 bits per heavy atom. The monoisotopic (exact) mass is 246 g/mol. The van der Waals surface area contributed by atoms with E-state index in [-0.39, 0.29) is 0 Å². The predicted molar refractivity (Wildman–Crippen MR) is 70.4 cm³/mol. The van der Waals surface area contributed by atoms with E-state index >= 15 is 0 Å². The maximum absolute atomic E-state index is 9.30. The van der Waals surface area contributed by atoms with Crippen LogP contribution >= 0.6 is 0 Å². The molecule has 0 atom stereocenters.